The van der Waals surface area contributed by atoms with Gasteiger partial charge in [-0.05, 0) is 43.9 Å². The fourth-order valence-corrected chi connectivity index (χ4v) is 4.00. The molecule has 0 bridgehead atoms. The first-order valence-electron chi connectivity index (χ1n) is 10.6. The maximum atomic E-state index is 12.9. The van der Waals surface area contributed by atoms with Gasteiger partial charge in [0.2, 0.25) is 5.91 Å². The van der Waals surface area contributed by atoms with E-state index in [2.05, 4.69) is 15.7 Å². The van der Waals surface area contributed by atoms with Crippen molar-refractivity contribution in [3.8, 4) is 11.1 Å². The number of hydrogen-bond donors (Lipinski definition) is 2. The molecule has 2 aromatic heterocycles. The minimum absolute atomic E-state index is 0.183. The number of carbonyl (C=O) groups is 2. The van der Waals surface area contributed by atoms with Gasteiger partial charge in [0.1, 0.15) is 6.04 Å². The van der Waals surface area contributed by atoms with E-state index in [1.54, 1.807) is 6.07 Å². The maximum absolute atomic E-state index is 12.9. The van der Waals surface area contributed by atoms with E-state index in [-0.39, 0.29) is 23.8 Å². The number of furan rings is 1. The Balaban J connectivity index is 1.40. The second kappa shape index (κ2) is 9.13. The van der Waals surface area contributed by atoms with Crippen molar-refractivity contribution in [3.63, 3.8) is 0 Å². The molecule has 2 heterocycles. The van der Waals surface area contributed by atoms with Gasteiger partial charge in [-0.15, -0.1) is 0 Å². The molecule has 0 radical (unpaired) electrons. The van der Waals surface area contributed by atoms with E-state index in [9.17, 15) is 22.8 Å². The van der Waals surface area contributed by atoms with Crippen molar-refractivity contribution < 1.29 is 27.2 Å². The van der Waals surface area contributed by atoms with Gasteiger partial charge in [-0.25, -0.2) is 0 Å². The van der Waals surface area contributed by atoms with Crippen LogP contribution in [0.5, 0.6) is 0 Å². The van der Waals surface area contributed by atoms with E-state index < -0.39 is 23.8 Å². The molecule has 7 nitrogen and oxygen atoms in total. The van der Waals surface area contributed by atoms with Crippen molar-refractivity contribution in [3.05, 3.63) is 66.4 Å². The Bertz CT molecular complexity index is 1120. The summed E-state index contributed by atoms with van der Waals surface area (Å²) in [6.45, 7) is 1.47. The third-order valence-electron chi connectivity index (χ3n) is 5.79. The van der Waals surface area contributed by atoms with Crippen molar-refractivity contribution in [1.29, 1.82) is 0 Å². The van der Waals surface area contributed by atoms with E-state index in [4.69, 9.17) is 4.42 Å². The summed E-state index contributed by atoms with van der Waals surface area (Å²) in [5, 5.41) is 9.24. The van der Waals surface area contributed by atoms with Crippen molar-refractivity contribution in [1.82, 2.24) is 20.4 Å². The maximum Gasteiger partial charge on any atom is 0.435 e. The van der Waals surface area contributed by atoms with E-state index in [1.165, 1.54) is 13.2 Å². The lowest BCUT2D eigenvalue weighted by Gasteiger charge is -2.24. The Morgan fingerprint density at radius 3 is 2.45 bits per heavy atom. The van der Waals surface area contributed by atoms with Gasteiger partial charge in [0.15, 0.2) is 11.5 Å². The van der Waals surface area contributed by atoms with Crippen molar-refractivity contribution in [2.24, 2.45) is 0 Å². The topological polar surface area (TPSA) is 89.2 Å². The summed E-state index contributed by atoms with van der Waals surface area (Å²) in [6, 6.07) is 10.3. The number of aromatic nitrogens is 2. The Morgan fingerprint density at radius 1 is 1.09 bits per heavy atom. The van der Waals surface area contributed by atoms with Crippen molar-refractivity contribution in [2.75, 3.05) is 0 Å². The van der Waals surface area contributed by atoms with Crippen LogP contribution in [0.2, 0.25) is 0 Å². The molecule has 2 amide bonds. The molecule has 174 valence electrons. The Labute approximate surface area is 188 Å². The first kappa shape index (κ1) is 22.6. The predicted octanol–water partition coefficient (Wildman–Crippen LogP) is 4.19. The first-order chi connectivity index (χ1) is 15.7. The highest BCUT2D eigenvalue weighted by atomic mass is 19.4. The van der Waals surface area contributed by atoms with Crippen molar-refractivity contribution >= 4 is 11.8 Å². The van der Waals surface area contributed by atoms with E-state index in [0.29, 0.717) is 18.4 Å². The molecule has 33 heavy (non-hydrogen) atoms. The highest BCUT2D eigenvalue weighted by Crippen LogP contribution is 2.28. The molecule has 3 aromatic rings. The zero-order valence-corrected chi connectivity index (χ0v) is 17.8. The third kappa shape index (κ3) is 4.94. The number of nitrogens with zero attached hydrogens (tertiary/aromatic N) is 2. The smallest absolute Gasteiger partial charge is 0.435 e. The highest BCUT2D eigenvalue weighted by molar-refractivity contribution is 5.98. The fraction of sp³-hybridized carbons (Fsp3) is 0.348. The molecule has 3 atom stereocenters. The molecule has 10 heteroatoms. The minimum Gasteiger partial charge on any atom is -0.459 e. The normalized spacial score (nSPS) is 19.3. The summed E-state index contributed by atoms with van der Waals surface area (Å²) in [5.74, 6) is -0.677. The number of hydrogen-bond acceptors (Lipinski definition) is 4. The van der Waals surface area contributed by atoms with E-state index in [0.717, 1.165) is 28.9 Å². The number of rotatable bonds is 6. The van der Waals surface area contributed by atoms with Gasteiger partial charge >= 0.3 is 6.18 Å². The Kier molecular flexibility index (Phi) is 6.26. The van der Waals surface area contributed by atoms with Gasteiger partial charge < -0.3 is 15.1 Å². The number of alkyl halides is 3. The second-order valence-corrected chi connectivity index (χ2v) is 8.01. The van der Waals surface area contributed by atoms with Crippen LogP contribution in [0.3, 0.4) is 0 Å². The minimum atomic E-state index is -4.58. The van der Waals surface area contributed by atoms with Crippen LogP contribution in [-0.2, 0) is 11.0 Å². The summed E-state index contributed by atoms with van der Waals surface area (Å²) < 4.78 is 44.8. The fourth-order valence-electron chi connectivity index (χ4n) is 4.00. The summed E-state index contributed by atoms with van der Waals surface area (Å²) >= 11 is 0. The van der Waals surface area contributed by atoms with Crippen LogP contribution in [-0.4, -0.2) is 33.7 Å². The van der Waals surface area contributed by atoms with Crippen LogP contribution in [0.25, 0.3) is 11.1 Å². The monoisotopic (exact) mass is 460 g/mol. The number of benzene rings is 1. The zero-order valence-electron chi connectivity index (χ0n) is 17.8. The molecular weight excluding hydrogens is 437 g/mol. The molecular formula is C23H23F3N4O3. The van der Waals surface area contributed by atoms with Crippen LogP contribution in [0.1, 0.15) is 48.5 Å². The second-order valence-electron chi connectivity index (χ2n) is 8.01. The van der Waals surface area contributed by atoms with Crippen LogP contribution in [0, 0.1) is 0 Å². The van der Waals surface area contributed by atoms with Crippen molar-refractivity contribution in [2.45, 2.75) is 50.5 Å². The average Bonchev–Trinajstić information content (AvgIpc) is 3.54. The lowest BCUT2D eigenvalue weighted by atomic mass is 10.1. The van der Waals surface area contributed by atoms with Crippen LogP contribution >= 0.6 is 0 Å². The van der Waals surface area contributed by atoms with E-state index >= 15 is 0 Å². The number of halogens is 3. The first-order valence-corrected chi connectivity index (χ1v) is 10.6. The third-order valence-corrected chi connectivity index (χ3v) is 5.79. The van der Waals surface area contributed by atoms with Crippen LogP contribution < -0.4 is 10.6 Å². The van der Waals surface area contributed by atoms with Gasteiger partial charge in [-0.1, -0.05) is 30.3 Å². The molecule has 1 fully saturated rings. The van der Waals surface area contributed by atoms with Gasteiger partial charge in [0, 0.05) is 23.8 Å². The predicted molar refractivity (Wildman–Crippen MR) is 113 cm³/mol. The molecule has 1 aliphatic carbocycles. The lowest BCUT2D eigenvalue weighted by molar-refractivity contribution is -0.142. The SMILES string of the molecule is CC(C(=O)N[C@@H]1CCC[C@H]1NC(=O)c1occc1-c1ccccc1)n1ccc(C(F)(F)F)n1. The molecule has 4 rings (SSSR count). The zero-order chi connectivity index (χ0) is 23.6. The molecule has 0 spiro atoms. The average molecular weight is 460 g/mol. The number of amides is 2. The highest BCUT2D eigenvalue weighted by Gasteiger charge is 2.35. The lowest BCUT2D eigenvalue weighted by Crippen LogP contribution is -2.49. The quantitative estimate of drug-likeness (QED) is 0.577. The molecule has 0 saturated heterocycles. The summed E-state index contributed by atoms with van der Waals surface area (Å²) in [5.41, 5.74) is 0.458. The molecule has 0 aliphatic heterocycles. The van der Waals surface area contributed by atoms with Crippen LogP contribution in [0.4, 0.5) is 13.2 Å². The molecule has 1 saturated carbocycles. The van der Waals surface area contributed by atoms with Crippen LogP contribution in [0.15, 0.2) is 59.3 Å². The summed E-state index contributed by atoms with van der Waals surface area (Å²) in [4.78, 5) is 25.6. The molecule has 1 aromatic carbocycles. The molecule has 1 unspecified atom stereocenters. The standard InChI is InChI=1S/C23H23F3N4O3/c1-14(30-12-10-19(29-30)23(24,25)26)21(31)27-17-8-5-9-18(17)28-22(32)20-16(11-13-33-20)15-6-3-2-4-7-15/h2-4,6-7,10-14,17-18H,5,8-9H2,1H3,(H,27,31)(H,28,32)/t14?,17-,18-/m1/s1. The van der Waals surface area contributed by atoms with Gasteiger partial charge in [0.05, 0.1) is 6.26 Å². The number of carbonyl (C=O) groups excluding carboxylic acids is 2. The van der Waals surface area contributed by atoms with Gasteiger partial charge in [0.25, 0.3) is 5.91 Å². The molecule has 1 aliphatic rings. The Morgan fingerprint density at radius 2 is 1.79 bits per heavy atom. The Hall–Kier alpha value is -3.56. The van der Waals surface area contributed by atoms with E-state index in [1.807, 2.05) is 30.3 Å². The summed E-state index contributed by atoms with van der Waals surface area (Å²) in [7, 11) is 0. The largest absolute Gasteiger partial charge is 0.459 e. The molecule has 2 N–H and O–H groups in total. The number of nitrogens with one attached hydrogen (secondary N) is 2. The summed E-state index contributed by atoms with van der Waals surface area (Å²) in [6.07, 6.45) is 0.0856. The van der Waals surface area contributed by atoms with Gasteiger partial charge in [-0.3, -0.25) is 14.3 Å². The van der Waals surface area contributed by atoms with Gasteiger partial charge in [-0.2, -0.15) is 18.3 Å².